The van der Waals surface area contributed by atoms with Gasteiger partial charge in [0.25, 0.3) is 17.9 Å². The van der Waals surface area contributed by atoms with Gasteiger partial charge in [-0.15, -0.1) is 0 Å². The van der Waals surface area contributed by atoms with Crippen molar-refractivity contribution in [2.45, 2.75) is 33.5 Å². The number of carboxylic acid groups (broad SMARTS) is 1. The molecule has 0 saturated carbocycles. The third-order valence-electron chi connectivity index (χ3n) is 3.59. The lowest BCUT2D eigenvalue weighted by Gasteiger charge is -2.29. The summed E-state index contributed by atoms with van der Waals surface area (Å²) < 4.78 is 8.43. The molecule has 0 aromatic rings. The molecule has 0 aromatic carbocycles. The predicted molar refractivity (Wildman–Crippen MR) is 121 cm³/mol. The van der Waals surface area contributed by atoms with Crippen molar-refractivity contribution in [3.63, 3.8) is 0 Å². The molecule has 0 aliphatic heterocycles. The van der Waals surface area contributed by atoms with E-state index in [1.807, 2.05) is 0 Å². The molecule has 0 spiro atoms. The summed E-state index contributed by atoms with van der Waals surface area (Å²) >= 11 is 0. The normalized spacial score (nSPS) is 10.4. The van der Waals surface area contributed by atoms with E-state index in [0.717, 1.165) is 12.2 Å². The fraction of sp³-hybridized carbons (Fsp3) is 0.471. The van der Waals surface area contributed by atoms with Crippen LogP contribution < -0.4 is 37.7 Å². The highest BCUT2D eigenvalue weighted by molar-refractivity contribution is 5.82. The van der Waals surface area contributed by atoms with Crippen LogP contribution in [0.5, 0.6) is 0 Å². The number of amides is 6. The zero-order chi connectivity index (χ0) is 32.6. The summed E-state index contributed by atoms with van der Waals surface area (Å²) in [6.07, 6.45) is -8.39. The molecule has 0 heterocycles. The molecule has 25 nitrogen and oxygen atoms in total. The van der Waals surface area contributed by atoms with E-state index in [4.69, 9.17) is 0 Å². The molecular formula is C17H24N9O16-. The highest BCUT2D eigenvalue weighted by Crippen LogP contribution is 2.12. The Bertz CT molecular complexity index is 982. The summed E-state index contributed by atoms with van der Waals surface area (Å²) in [5.41, 5.74) is 8.21. The van der Waals surface area contributed by atoms with Crippen molar-refractivity contribution in [2.75, 3.05) is 19.6 Å². The second-order valence-corrected chi connectivity index (χ2v) is 6.24. The van der Waals surface area contributed by atoms with E-state index in [9.17, 15) is 48.3 Å². The number of carbonyl (C=O) groups excluding carboxylic acids is 9. The van der Waals surface area contributed by atoms with Gasteiger partial charge in [0.1, 0.15) is 5.97 Å². The SMILES string of the molecule is CC(OC(=O)NNC(=O)OOC(=O)NN=C=O)(OC(=O)NNC(=O)OOC(=O)NN=C=O)C(=O)[O-].CCN(CC)CC. The minimum absolute atomic E-state index is 0.458. The Morgan fingerprint density at radius 2 is 0.952 bits per heavy atom. The fourth-order valence-electron chi connectivity index (χ4n) is 1.75. The Hall–Kier alpha value is -6.19. The average molecular weight is 610 g/mol. The van der Waals surface area contributed by atoms with Gasteiger partial charge in [-0.2, -0.15) is 10.9 Å². The second kappa shape index (κ2) is 21.7. The number of hydrazone groups is 2. The van der Waals surface area contributed by atoms with Gasteiger partial charge in [0, 0.05) is 6.92 Å². The molecule has 0 rings (SSSR count). The first-order valence-electron chi connectivity index (χ1n) is 10.7. The van der Waals surface area contributed by atoms with Crippen LogP contribution in [-0.2, 0) is 43.4 Å². The molecule has 6 N–H and O–H groups in total. The maximum absolute atomic E-state index is 11.6. The molecule has 0 radical (unpaired) electrons. The molecule has 0 bridgehead atoms. The van der Waals surface area contributed by atoms with Crippen LogP contribution in [0.2, 0.25) is 0 Å². The van der Waals surface area contributed by atoms with Gasteiger partial charge in [0.2, 0.25) is 0 Å². The fourth-order valence-corrected chi connectivity index (χ4v) is 1.75. The van der Waals surface area contributed by atoms with Gasteiger partial charge in [0.15, 0.2) is 0 Å². The first-order valence-corrected chi connectivity index (χ1v) is 10.7. The Morgan fingerprint density at radius 3 is 1.21 bits per heavy atom. The van der Waals surface area contributed by atoms with Crippen LogP contribution in [0.3, 0.4) is 0 Å². The number of carbonyl (C=O) groups is 7. The van der Waals surface area contributed by atoms with Crippen molar-refractivity contribution in [1.29, 1.82) is 0 Å². The van der Waals surface area contributed by atoms with Crippen molar-refractivity contribution in [1.82, 2.24) is 37.5 Å². The number of nitrogens with zero attached hydrogens (tertiary/aromatic N) is 3. The van der Waals surface area contributed by atoms with Gasteiger partial charge in [0.05, 0.1) is 0 Å². The van der Waals surface area contributed by atoms with E-state index in [-0.39, 0.29) is 0 Å². The highest BCUT2D eigenvalue weighted by Gasteiger charge is 2.36. The van der Waals surface area contributed by atoms with E-state index in [0.29, 0.717) is 6.92 Å². The molecule has 0 aliphatic carbocycles. The Balaban J connectivity index is 0. The average Bonchev–Trinajstić information content (AvgIpc) is 2.95. The van der Waals surface area contributed by atoms with Crippen LogP contribution in [-0.4, -0.2) is 85.0 Å². The molecule has 0 fully saturated rings. The Morgan fingerprint density at radius 1 is 0.643 bits per heavy atom. The first kappa shape index (κ1) is 38.0. The van der Waals surface area contributed by atoms with Gasteiger partial charge in [-0.25, -0.2) is 79.6 Å². The monoisotopic (exact) mass is 610 g/mol. The van der Waals surface area contributed by atoms with Crippen molar-refractivity contribution in [3.8, 4) is 0 Å². The first-order chi connectivity index (χ1) is 19.8. The molecule has 0 atom stereocenters. The molecule has 25 heteroatoms. The zero-order valence-corrected chi connectivity index (χ0v) is 22.0. The number of hydrogen-bond donors (Lipinski definition) is 6. The minimum atomic E-state index is -3.20. The van der Waals surface area contributed by atoms with E-state index in [2.05, 4.69) is 64.9 Å². The summed E-state index contributed by atoms with van der Waals surface area (Å²) in [5.74, 6) is -5.53. The van der Waals surface area contributed by atoms with Gasteiger partial charge >= 0.3 is 36.6 Å². The molecule has 0 aliphatic rings. The summed E-state index contributed by atoms with van der Waals surface area (Å²) in [6, 6.07) is 0. The smallest absolute Gasteiger partial charge is 0.471 e. The highest BCUT2D eigenvalue weighted by atomic mass is 17.2. The molecule has 6 amide bonds. The quantitative estimate of drug-likeness (QED) is 0.0536. The third-order valence-corrected chi connectivity index (χ3v) is 3.59. The molecular weight excluding hydrogens is 586 g/mol. The molecule has 0 aromatic heterocycles. The lowest BCUT2D eigenvalue weighted by atomic mass is 10.3. The largest absolute Gasteiger partial charge is 0.543 e. The number of aliphatic carboxylic acids is 1. The number of carboxylic acids is 1. The zero-order valence-electron chi connectivity index (χ0n) is 22.0. The topological polar surface area (TPSA) is 332 Å². The number of rotatable bonds is 8. The lowest BCUT2D eigenvalue weighted by molar-refractivity contribution is -0.342. The van der Waals surface area contributed by atoms with Gasteiger partial charge in [-0.05, 0) is 19.6 Å². The van der Waals surface area contributed by atoms with Crippen LogP contribution in [0.4, 0.5) is 28.8 Å². The van der Waals surface area contributed by atoms with Gasteiger partial charge in [-0.1, -0.05) is 31.0 Å². The molecule has 234 valence electrons. The van der Waals surface area contributed by atoms with Crippen LogP contribution in [0.15, 0.2) is 10.2 Å². The molecule has 0 unspecified atom stereocenters. The minimum Gasteiger partial charge on any atom is -0.543 e. The summed E-state index contributed by atoms with van der Waals surface area (Å²) in [4.78, 5) is 115. The van der Waals surface area contributed by atoms with Crippen molar-refractivity contribution >= 4 is 54.7 Å². The molecule has 0 saturated heterocycles. The van der Waals surface area contributed by atoms with Crippen LogP contribution in [0.1, 0.15) is 27.7 Å². The third kappa shape index (κ3) is 19.0. The Labute approximate surface area is 233 Å². The van der Waals surface area contributed by atoms with Crippen molar-refractivity contribution in [3.05, 3.63) is 0 Å². The van der Waals surface area contributed by atoms with Crippen molar-refractivity contribution < 1.29 is 77.3 Å². The standard InChI is InChI=1S/C11H10N8O16.C6H15N/c1-11(4(22)23,30-5(24)16-18-9(28)34-32-7(26)14-12-2-20)31-6(25)17-19-10(29)35-33-8(27)15-13-3-21;1-4-7(5-2)6-3/h1H3,(H,14,26)(H,15,27)(H,16,24)(H,17,25)(H,18,28)(H,19,29)(H,22,23);4-6H2,1-3H3/p-1. The van der Waals surface area contributed by atoms with Crippen LogP contribution >= 0.6 is 0 Å². The van der Waals surface area contributed by atoms with E-state index < -0.39 is 48.3 Å². The number of ether oxygens (including phenoxy) is 2. The number of isocyanates is 2. The predicted octanol–water partition coefficient (Wildman–Crippen LogP) is -2.68. The second-order valence-electron chi connectivity index (χ2n) is 6.24. The van der Waals surface area contributed by atoms with E-state index in [1.165, 1.54) is 52.2 Å². The summed E-state index contributed by atoms with van der Waals surface area (Å²) in [5, 5.41) is 16.2. The molecule has 42 heavy (non-hydrogen) atoms. The van der Waals surface area contributed by atoms with Gasteiger partial charge in [-0.3, -0.25) is 0 Å². The summed E-state index contributed by atoms with van der Waals surface area (Å²) in [7, 11) is 0. The number of hydrogen-bond acceptors (Lipinski definition) is 19. The Kier molecular flexibility index (Phi) is 19.6. The van der Waals surface area contributed by atoms with Gasteiger partial charge < -0.3 is 24.3 Å². The van der Waals surface area contributed by atoms with E-state index >= 15 is 0 Å². The number of hydrazine groups is 2. The lowest BCUT2D eigenvalue weighted by Crippen LogP contribution is -2.57. The van der Waals surface area contributed by atoms with Crippen LogP contribution in [0, 0.1) is 0 Å². The summed E-state index contributed by atoms with van der Waals surface area (Å²) in [6.45, 7) is 10.6. The maximum atomic E-state index is 11.6. The maximum Gasteiger partial charge on any atom is 0.471 e. The van der Waals surface area contributed by atoms with E-state index in [1.54, 1.807) is 0 Å². The number of nitrogens with one attached hydrogen (secondary N) is 6. The van der Waals surface area contributed by atoms with Crippen LogP contribution in [0.25, 0.3) is 0 Å². The van der Waals surface area contributed by atoms with Crippen molar-refractivity contribution in [2.24, 2.45) is 10.2 Å².